The molecule has 1 aliphatic carbocycles. The van der Waals surface area contributed by atoms with Crippen LogP contribution >= 0.6 is 0 Å². The van der Waals surface area contributed by atoms with Crippen molar-refractivity contribution in [3.05, 3.63) is 115 Å². The first kappa shape index (κ1) is 28.2. The SMILES string of the molecule is C[Si](C)(C)c1ccc2oc3c(-c4cc(C5CC5)ccn4)[c-]ccc3c2c1.Cc1ccc(-c2[c-]cccc2)nc1.[Ir]. The molecule has 3 aromatic heterocycles. The van der Waals surface area contributed by atoms with E-state index >= 15 is 0 Å². The molecule has 0 saturated heterocycles. The number of benzene rings is 3. The van der Waals surface area contributed by atoms with Crippen LogP contribution in [0.1, 0.15) is 29.9 Å². The van der Waals surface area contributed by atoms with Crippen LogP contribution < -0.4 is 5.19 Å². The van der Waals surface area contributed by atoms with Gasteiger partial charge in [-0.1, -0.05) is 71.7 Å². The van der Waals surface area contributed by atoms with Gasteiger partial charge in [-0.3, -0.25) is 0 Å². The van der Waals surface area contributed by atoms with Crippen LogP contribution in [-0.2, 0) is 20.1 Å². The maximum atomic E-state index is 6.27. The van der Waals surface area contributed by atoms with Crippen LogP contribution in [0.2, 0.25) is 19.6 Å². The molecule has 0 amide bonds. The van der Waals surface area contributed by atoms with Gasteiger partial charge in [0.2, 0.25) is 0 Å². The number of pyridine rings is 2. The van der Waals surface area contributed by atoms with Gasteiger partial charge in [0.15, 0.2) is 0 Å². The maximum absolute atomic E-state index is 6.27. The summed E-state index contributed by atoms with van der Waals surface area (Å²) in [6, 6.07) is 33.6. The first-order valence-corrected chi connectivity index (χ1v) is 17.1. The fourth-order valence-corrected chi connectivity index (χ4v) is 5.99. The topological polar surface area (TPSA) is 38.9 Å². The van der Waals surface area contributed by atoms with Crippen molar-refractivity contribution >= 4 is 35.2 Å². The van der Waals surface area contributed by atoms with Crippen molar-refractivity contribution < 1.29 is 24.5 Å². The molecule has 3 nitrogen and oxygen atoms in total. The molecule has 3 heterocycles. The van der Waals surface area contributed by atoms with Crippen molar-refractivity contribution in [1.82, 2.24) is 9.97 Å². The Labute approximate surface area is 251 Å². The van der Waals surface area contributed by atoms with E-state index in [-0.39, 0.29) is 20.1 Å². The summed E-state index contributed by atoms with van der Waals surface area (Å²) in [5.74, 6) is 0.714. The summed E-state index contributed by atoms with van der Waals surface area (Å²) < 4.78 is 6.27. The fraction of sp³-hybridized carbons (Fsp3) is 0.200. The van der Waals surface area contributed by atoms with Gasteiger partial charge in [-0.15, -0.1) is 54.1 Å². The second kappa shape index (κ2) is 11.6. The van der Waals surface area contributed by atoms with Gasteiger partial charge in [0.05, 0.1) is 13.7 Å². The number of nitrogens with zero attached hydrogens (tertiary/aromatic N) is 2. The molecule has 0 unspecified atom stereocenters. The minimum atomic E-state index is -1.36. The van der Waals surface area contributed by atoms with Gasteiger partial charge in [0.25, 0.3) is 0 Å². The molecule has 5 heteroatoms. The van der Waals surface area contributed by atoms with Crippen molar-refractivity contribution in [2.75, 3.05) is 0 Å². The quantitative estimate of drug-likeness (QED) is 0.135. The Morgan fingerprint density at radius 3 is 2.38 bits per heavy atom. The van der Waals surface area contributed by atoms with Gasteiger partial charge in [-0.2, -0.15) is 0 Å². The van der Waals surface area contributed by atoms with Gasteiger partial charge >= 0.3 is 0 Å². The summed E-state index contributed by atoms with van der Waals surface area (Å²) >= 11 is 0. The zero-order chi connectivity index (χ0) is 27.0. The second-order valence-electron chi connectivity index (χ2n) is 11.4. The molecule has 0 atom stereocenters. The predicted octanol–water partition coefficient (Wildman–Crippen LogP) is 8.73. The Kier molecular flexibility index (Phi) is 8.18. The molecule has 0 N–H and O–H groups in total. The van der Waals surface area contributed by atoms with E-state index in [9.17, 15) is 0 Å². The second-order valence-corrected chi connectivity index (χ2v) is 16.5. The molecule has 7 rings (SSSR count). The Morgan fingerprint density at radius 1 is 0.825 bits per heavy atom. The summed E-state index contributed by atoms with van der Waals surface area (Å²) in [4.78, 5) is 8.93. The molecule has 0 aliphatic heterocycles. The van der Waals surface area contributed by atoms with E-state index < -0.39 is 8.07 Å². The van der Waals surface area contributed by atoms with E-state index in [1.165, 1.54) is 34.5 Å². The molecule has 1 saturated carbocycles. The molecule has 0 spiro atoms. The molecular weight excluding hydrogens is 685 g/mol. The summed E-state index contributed by atoms with van der Waals surface area (Å²) in [5.41, 5.74) is 8.36. The van der Waals surface area contributed by atoms with Crippen molar-refractivity contribution in [2.24, 2.45) is 0 Å². The van der Waals surface area contributed by atoms with Crippen LogP contribution in [0.4, 0.5) is 0 Å². The number of aromatic nitrogens is 2. The van der Waals surface area contributed by atoms with Gasteiger partial charge in [0.1, 0.15) is 5.58 Å². The third-order valence-corrected chi connectivity index (χ3v) is 9.33. The van der Waals surface area contributed by atoms with E-state index in [1.807, 2.05) is 55.7 Å². The first-order valence-electron chi connectivity index (χ1n) is 13.6. The standard InChI is InChI=1S/C23H22NOSi.C12H10N.Ir/c1-26(2,3)17-9-10-22-20(14-17)18-5-4-6-19(23(18)25-22)21-13-16(11-12-24-21)15-7-8-15;1-10-7-8-12(13-9-10)11-5-3-2-4-6-11;/h4-5,9-15H,7-8H2,1-3H3;2-5,7-9H,1H3;/q2*-1;. The number of furan rings is 1. The molecule has 1 fully saturated rings. The minimum absolute atomic E-state index is 0. The first-order chi connectivity index (χ1) is 18.9. The molecule has 1 radical (unpaired) electrons. The number of rotatable bonds is 4. The molecular formula is C35H32IrN2OSi-2. The van der Waals surface area contributed by atoms with Crippen LogP contribution in [0, 0.1) is 19.1 Å². The van der Waals surface area contributed by atoms with E-state index in [0.29, 0.717) is 5.92 Å². The number of hydrogen-bond acceptors (Lipinski definition) is 3. The van der Waals surface area contributed by atoms with E-state index in [1.54, 1.807) is 0 Å². The number of fused-ring (bicyclic) bond motifs is 3. The zero-order valence-electron chi connectivity index (χ0n) is 23.3. The monoisotopic (exact) mass is 717 g/mol. The maximum Gasteiger partial charge on any atom is 0.120 e. The summed E-state index contributed by atoms with van der Waals surface area (Å²) in [7, 11) is -1.36. The number of hydrogen-bond donors (Lipinski definition) is 0. The third kappa shape index (κ3) is 6.02. The molecule has 40 heavy (non-hydrogen) atoms. The van der Waals surface area contributed by atoms with E-state index in [2.05, 4.69) is 84.2 Å². The third-order valence-electron chi connectivity index (χ3n) is 7.28. The summed E-state index contributed by atoms with van der Waals surface area (Å²) in [6.45, 7) is 9.17. The minimum Gasteiger partial charge on any atom is -0.501 e. The van der Waals surface area contributed by atoms with E-state index in [4.69, 9.17) is 4.42 Å². The predicted molar refractivity (Wildman–Crippen MR) is 164 cm³/mol. The van der Waals surface area contributed by atoms with Crippen molar-refractivity contribution in [3.63, 3.8) is 0 Å². The van der Waals surface area contributed by atoms with Crippen LogP contribution in [-0.4, -0.2) is 18.0 Å². The van der Waals surface area contributed by atoms with E-state index in [0.717, 1.165) is 39.1 Å². The normalized spacial score (nSPS) is 13.0. The average Bonchev–Trinajstić information content (AvgIpc) is 3.74. The Balaban J connectivity index is 0.000000195. The summed E-state index contributed by atoms with van der Waals surface area (Å²) in [6.07, 6.45) is 6.38. The summed E-state index contributed by atoms with van der Waals surface area (Å²) in [5, 5.41) is 3.82. The average molecular weight is 717 g/mol. The Bertz CT molecular complexity index is 1750. The molecule has 3 aromatic carbocycles. The molecule has 1 aliphatic rings. The van der Waals surface area contributed by atoms with Crippen LogP contribution in [0.25, 0.3) is 44.5 Å². The van der Waals surface area contributed by atoms with Crippen molar-refractivity contribution in [1.29, 1.82) is 0 Å². The number of aryl methyl sites for hydroxylation is 1. The van der Waals surface area contributed by atoms with Crippen molar-refractivity contribution in [2.45, 2.75) is 45.3 Å². The van der Waals surface area contributed by atoms with Crippen LogP contribution in [0.15, 0.2) is 95.7 Å². The van der Waals surface area contributed by atoms with Gasteiger partial charge in [-0.05, 0) is 54.8 Å². The Hall–Kier alpha value is -3.37. The largest absolute Gasteiger partial charge is 0.501 e. The Morgan fingerprint density at radius 2 is 1.68 bits per heavy atom. The molecule has 0 bridgehead atoms. The molecule has 6 aromatic rings. The smallest absolute Gasteiger partial charge is 0.120 e. The van der Waals surface area contributed by atoms with Gasteiger partial charge in [0, 0.05) is 37.9 Å². The zero-order valence-corrected chi connectivity index (χ0v) is 26.7. The van der Waals surface area contributed by atoms with Crippen LogP contribution in [0.5, 0.6) is 0 Å². The molecule has 203 valence electrons. The van der Waals surface area contributed by atoms with Gasteiger partial charge < -0.3 is 14.4 Å². The van der Waals surface area contributed by atoms with Crippen LogP contribution in [0.3, 0.4) is 0 Å². The fourth-order valence-electron chi connectivity index (χ4n) is 4.83. The van der Waals surface area contributed by atoms with Gasteiger partial charge in [-0.25, -0.2) is 0 Å². The van der Waals surface area contributed by atoms with Crippen molar-refractivity contribution in [3.8, 4) is 22.5 Å².